The second-order valence-corrected chi connectivity index (χ2v) is 9.87. The van der Waals surface area contributed by atoms with E-state index in [1.807, 2.05) is 0 Å². The number of alkyl halides is 3. The number of nitrogens with two attached hydrogens (primary N) is 1. The minimum atomic E-state index is -5.34. The third-order valence-corrected chi connectivity index (χ3v) is 6.97. The number of benzene rings is 2. The van der Waals surface area contributed by atoms with Crippen LogP contribution in [0.1, 0.15) is 60.0 Å². The van der Waals surface area contributed by atoms with Crippen LogP contribution in [0, 0.1) is 5.41 Å². The molecule has 0 atom stereocenters. The molecule has 218 valence electrons. The monoisotopic (exact) mass is 574 g/mol. The van der Waals surface area contributed by atoms with Gasteiger partial charge in [-0.15, -0.1) is 0 Å². The first-order valence-corrected chi connectivity index (χ1v) is 13.1. The Labute approximate surface area is 233 Å². The second kappa shape index (κ2) is 12.4. The number of hydrogen-bond acceptors (Lipinski definition) is 7. The van der Waals surface area contributed by atoms with E-state index in [-0.39, 0.29) is 30.0 Å². The van der Waals surface area contributed by atoms with Crippen molar-refractivity contribution < 1.29 is 41.8 Å². The molecule has 0 aromatic heterocycles. The molecule has 0 radical (unpaired) electrons. The predicted molar refractivity (Wildman–Crippen MR) is 140 cm³/mol. The number of nitrogen functional groups attached to an aromatic ring is 1. The zero-order valence-electron chi connectivity index (χ0n) is 22.0. The Hall–Kier alpha value is -4.42. The summed E-state index contributed by atoms with van der Waals surface area (Å²) in [6.45, 7) is -0.692. The van der Waals surface area contributed by atoms with Crippen molar-refractivity contribution in [1.29, 1.82) is 5.41 Å². The standard InChI is InChI=1S/C28H29F3N4O6/c29-28(30,31)27(39)41-24(37)12-13-34-15-23(36)35(19-4-2-1-3-5-19)22-11-10-20(14-21(22)26(34)38)40-16-17-6-8-18(9-7-17)25(32)33/h6-11,14,19H,1-5,12-13,15-16H2,(H3,32,33). The summed E-state index contributed by atoms with van der Waals surface area (Å²) >= 11 is 0. The molecule has 2 aromatic carbocycles. The Bertz CT molecular complexity index is 1340. The number of hydrogen-bond donors (Lipinski definition) is 2. The van der Waals surface area contributed by atoms with Crippen LogP contribution >= 0.6 is 0 Å². The average Bonchev–Trinajstić information content (AvgIpc) is 3.04. The van der Waals surface area contributed by atoms with Crippen LogP contribution in [-0.2, 0) is 25.7 Å². The molecule has 0 bridgehead atoms. The molecule has 0 saturated heterocycles. The van der Waals surface area contributed by atoms with Gasteiger partial charge in [-0.05, 0) is 36.6 Å². The number of fused-ring (bicyclic) bond motifs is 1. The highest BCUT2D eigenvalue weighted by atomic mass is 19.4. The molecule has 2 aromatic rings. The van der Waals surface area contributed by atoms with Gasteiger partial charge in [-0.25, -0.2) is 4.79 Å². The molecule has 1 saturated carbocycles. The summed E-state index contributed by atoms with van der Waals surface area (Å²) in [5.41, 5.74) is 7.36. The number of anilines is 1. The maximum absolute atomic E-state index is 13.6. The molecule has 1 heterocycles. The van der Waals surface area contributed by atoms with E-state index in [0.717, 1.165) is 42.6 Å². The van der Waals surface area contributed by atoms with Gasteiger partial charge in [-0.1, -0.05) is 43.5 Å². The average molecular weight is 575 g/mol. The first-order valence-electron chi connectivity index (χ1n) is 13.1. The third-order valence-electron chi connectivity index (χ3n) is 6.97. The molecule has 1 fully saturated rings. The van der Waals surface area contributed by atoms with E-state index in [1.165, 1.54) is 6.07 Å². The van der Waals surface area contributed by atoms with Crippen molar-refractivity contribution in [2.45, 2.75) is 57.3 Å². The van der Waals surface area contributed by atoms with Crippen molar-refractivity contribution >= 4 is 35.3 Å². The summed E-state index contributed by atoms with van der Waals surface area (Å²) in [6.07, 6.45) is -1.68. The van der Waals surface area contributed by atoms with E-state index in [1.54, 1.807) is 41.3 Å². The molecule has 10 nitrogen and oxygen atoms in total. The van der Waals surface area contributed by atoms with Gasteiger partial charge in [0.15, 0.2) is 0 Å². The maximum Gasteiger partial charge on any atom is 0.491 e. The number of carbonyl (C=O) groups is 4. The molecular formula is C28H29F3N4O6. The Morgan fingerprint density at radius 2 is 1.71 bits per heavy atom. The maximum atomic E-state index is 13.6. The van der Waals surface area contributed by atoms with E-state index >= 15 is 0 Å². The van der Waals surface area contributed by atoms with Gasteiger partial charge >= 0.3 is 18.1 Å². The lowest BCUT2D eigenvalue weighted by Gasteiger charge is -2.34. The van der Waals surface area contributed by atoms with Crippen LogP contribution in [0.2, 0.25) is 0 Å². The Morgan fingerprint density at radius 3 is 2.34 bits per heavy atom. The SMILES string of the molecule is N=C(N)c1ccc(COc2ccc3c(c2)C(=O)N(CCC(=O)OC(=O)C(F)(F)F)CC(=O)N3C2CCCCC2)cc1. The van der Waals surface area contributed by atoms with Crippen LogP contribution in [-0.4, -0.2) is 59.8 Å². The molecule has 3 N–H and O–H groups in total. The summed E-state index contributed by atoms with van der Waals surface area (Å²) < 4.78 is 47.1. The fourth-order valence-corrected chi connectivity index (χ4v) is 4.91. The van der Waals surface area contributed by atoms with Gasteiger partial charge in [0.25, 0.3) is 5.91 Å². The highest BCUT2D eigenvalue weighted by molar-refractivity contribution is 6.10. The van der Waals surface area contributed by atoms with E-state index < -0.39 is 43.5 Å². The number of amides is 2. The summed E-state index contributed by atoms with van der Waals surface area (Å²) in [4.78, 5) is 52.6. The molecule has 13 heteroatoms. The smallest absolute Gasteiger partial charge is 0.489 e. The molecule has 2 aliphatic rings. The summed E-state index contributed by atoms with van der Waals surface area (Å²) in [5, 5.41) is 7.49. The summed E-state index contributed by atoms with van der Waals surface area (Å²) in [6, 6.07) is 11.5. The van der Waals surface area contributed by atoms with Crippen molar-refractivity contribution in [2.75, 3.05) is 18.0 Å². The molecule has 1 aliphatic heterocycles. The van der Waals surface area contributed by atoms with E-state index in [4.69, 9.17) is 15.9 Å². The Kier molecular flexibility index (Phi) is 8.94. The van der Waals surface area contributed by atoms with Crippen LogP contribution in [0.4, 0.5) is 18.9 Å². The minimum Gasteiger partial charge on any atom is -0.489 e. The van der Waals surface area contributed by atoms with Gasteiger partial charge in [0.05, 0.1) is 17.7 Å². The summed E-state index contributed by atoms with van der Waals surface area (Å²) in [5.74, 6) is -4.84. The lowest BCUT2D eigenvalue weighted by molar-refractivity contribution is -0.201. The van der Waals surface area contributed by atoms with Gasteiger partial charge in [-0.2, -0.15) is 13.2 Å². The molecule has 0 spiro atoms. The highest BCUT2D eigenvalue weighted by Gasteiger charge is 2.42. The topological polar surface area (TPSA) is 143 Å². The normalized spacial score (nSPS) is 16.2. The molecule has 1 aliphatic carbocycles. The van der Waals surface area contributed by atoms with E-state index in [0.29, 0.717) is 17.0 Å². The lowest BCUT2D eigenvalue weighted by atomic mass is 9.93. The highest BCUT2D eigenvalue weighted by Crippen LogP contribution is 2.35. The fraction of sp³-hybridized carbons (Fsp3) is 0.393. The van der Waals surface area contributed by atoms with Crippen molar-refractivity contribution in [3.63, 3.8) is 0 Å². The number of amidine groups is 1. The van der Waals surface area contributed by atoms with Crippen molar-refractivity contribution in [2.24, 2.45) is 5.73 Å². The number of halogens is 3. The van der Waals surface area contributed by atoms with Crippen LogP contribution < -0.4 is 15.4 Å². The number of carbonyl (C=O) groups excluding carboxylic acids is 4. The molecular weight excluding hydrogens is 545 g/mol. The first kappa shape index (κ1) is 29.6. The van der Waals surface area contributed by atoms with Crippen molar-refractivity contribution in [1.82, 2.24) is 4.90 Å². The number of nitrogens with zero attached hydrogens (tertiary/aromatic N) is 2. The van der Waals surface area contributed by atoms with Crippen molar-refractivity contribution in [3.05, 3.63) is 59.2 Å². The second-order valence-electron chi connectivity index (χ2n) is 9.87. The predicted octanol–water partition coefficient (Wildman–Crippen LogP) is 3.69. The van der Waals surface area contributed by atoms with Crippen molar-refractivity contribution in [3.8, 4) is 5.75 Å². The molecule has 0 unspecified atom stereocenters. The van der Waals surface area contributed by atoms with Crippen LogP contribution in [0.5, 0.6) is 5.75 Å². The summed E-state index contributed by atoms with van der Waals surface area (Å²) in [7, 11) is 0. The Morgan fingerprint density at radius 1 is 1.02 bits per heavy atom. The zero-order valence-corrected chi connectivity index (χ0v) is 22.0. The largest absolute Gasteiger partial charge is 0.491 e. The number of ether oxygens (including phenoxy) is 2. The fourth-order valence-electron chi connectivity index (χ4n) is 4.91. The first-order chi connectivity index (χ1) is 19.4. The number of nitrogens with one attached hydrogen (secondary N) is 1. The van der Waals surface area contributed by atoms with E-state index in [2.05, 4.69) is 4.74 Å². The van der Waals surface area contributed by atoms with Crippen LogP contribution in [0.15, 0.2) is 42.5 Å². The lowest BCUT2D eigenvalue weighted by Crippen LogP contribution is -2.45. The van der Waals surface area contributed by atoms with Gasteiger partial charge in [-0.3, -0.25) is 19.8 Å². The molecule has 41 heavy (non-hydrogen) atoms. The molecule has 4 rings (SSSR count). The van der Waals surface area contributed by atoms with E-state index in [9.17, 15) is 32.3 Å². The Balaban J connectivity index is 1.56. The van der Waals surface area contributed by atoms with Crippen LogP contribution in [0.25, 0.3) is 0 Å². The molecule has 2 amide bonds. The van der Waals surface area contributed by atoms with Gasteiger partial charge in [0, 0.05) is 18.2 Å². The van der Waals surface area contributed by atoms with Gasteiger partial charge in [0.1, 0.15) is 24.7 Å². The van der Waals surface area contributed by atoms with Gasteiger partial charge < -0.3 is 25.0 Å². The number of rotatable bonds is 8. The quantitative estimate of drug-likeness (QED) is 0.212. The zero-order chi connectivity index (χ0) is 29.7. The van der Waals surface area contributed by atoms with Crippen LogP contribution in [0.3, 0.4) is 0 Å². The minimum absolute atomic E-state index is 0.0661. The third kappa shape index (κ3) is 7.21. The number of esters is 2. The van der Waals surface area contributed by atoms with Gasteiger partial charge in [0.2, 0.25) is 5.91 Å².